The Morgan fingerprint density at radius 3 is 2.49 bits per heavy atom. The first kappa shape index (κ1) is 24.6. The summed E-state index contributed by atoms with van der Waals surface area (Å²) in [6.07, 6.45) is 0.526. The number of benzene rings is 3. The van der Waals surface area contributed by atoms with E-state index in [9.17, 15) is 15.3 Å². The molecule has 0 bridgehead atoms. The molecule has 7 nitrogen and oxygen atoms in total. The van der Waals surface area contributed by atoms with Gasteiger partial charge in [0.1, 0.15) is 19.6 Å². The zero-order valence-corrected chi connectivity index (χ0v) is 20.5. The van der Waals surface area contributed by atoms with Gasteiger partial charge in [-0.3, -0.25) is 4.79 Å². The van der Waals surface area contributed by atoms with Crippen molar-refractivity contribution in [1.82, 2.24) is 10.3 Å². The lowest BCUT2D eigenvalue weighted by Crippen LogP contribution is -2.50. The van der Waals surface area contributed by atoms with Crippen LogP contribution in [0.5, 0.6) is 0 Å². The number of hydrogen-bond donors (Lipinski definition) is 1. The number of carbonyl (C=O) groups is 1. The monoisotopic (exact) mass is 492 g/mol. The van der Waals surface area contributed by atoms with Crippen molar-refractivity contribution in [2.75, 3.05) is 32.8 Å². The summed E-state index contributed by atoms with van der Waals surface area (Å²) >= 11 is 0. The van der Waals surface area contributed by atoms with E-state index in [2.05, 4.69) is 11.4 Å². The first-order valence-corrected chi connectivity index (χ1v) is 12.5. The first-order valence-electron chi connectivity index (χ1n) is 12.5. The highest BCUT2D eigenvalue weighted by Gasteiger charge is 2.29. The van der Waals surface area contributed by atoms with Crippen LogP contribution in [0.4, 0.5) is 0 Å². The van der Waals surface area contributed by atoms with Crippen molar-refractivity contribution < 1.29 is 14.2 Å². The number of para-hydroxylation sites is 1. The van der Waals surface area contributed by atoms with Gasteiger partial charge in [-0.25, -0.2) is 4.98 Å². The minimum absolute atomic E-state index is 0.130. The van der Waals surface area contributed by atoms with Gasteiger partial charge < -0.3 is 19.9 Å². The fraction of sp³-hybridized carbons (Fsp3) is 0.233. The molecule has 1 amide bonds. The lowest BCUT2D eigenvalue weighted by atomic mass is 9.95. The van der Waals surface area contributed by atoms with Gasteiger partial charge in [-0.15, -0.1) is 0 Å². The van der Waals surface area contributed by atoms with Gasteiger partial charge in [0.2, 0.25) is 0 Å². The number of quaternary nitrogens is 1. The number of ether oxygens (including phenoxy) is 1. The number of hydroxylamine groups is 3. The Morgan fingerprint density at radius 2 is 1.70 bits per heavy atom. The Hall–Kier alpha value is -4.09. The van der Waals surface area contributed by atoms with Crippen LogP contribution in [-0.4, -0.2) is 48.4 Å². The molecular weight excluding hydrogens is 464 g/mol. The summed E-state index contributed by atoms with van der Waals surface area (Å²) in [6.45, 7) is 1.93. The maximum Gasteiger partial charge on any atom is 0.252 e. The van der Waals surface area contributed by atoms with Crippen LogP contribution in [0.3, 0.4) is 0 Å². The molecule has 186 valence electrons. The third-order valence-electron chi connectivity index (χ3n) is 6.82. The number of carbonyl (C=O) groups excluding carboxylic acids is 1. The zero-order valence-electron chi connectivity index (χ0n) is 20.5. The normalized spacial score (nSPS) is 14.7. The summed E-state index contributed by atoms with van der Waals surface area (Å²) in [6, 6.07) is 26.8. The molecule has 1 saturated heterocycles. The highest BCUT2D eigenvalue weighted by Crippen LogP contribution is 2.33. The van der Waals surface area contributed by atoms with Crippen LogP contribution in [0.1, 0.15) is 27.0 Å². The lowest BCUT2D eigenvalue weighted by Gasteiger charge is -2.45. The van der Waals surface area contributed by atoms with E-state index in [1.165, 1.54) is 0 Å². The molecule has 1 fully saturated rings. The Labute approximate surface area is 216 Å². The Bertz CT molecular complexity index is 1460. The van der Waals surface area contributed by atoms with Crippen molar-refractivity contribution in [1.29, 1.82) is 5.26 Å². The van der Waals surface area contributed by atoms with Crippen LogP contribution in [0.2, 0.25) is 0 Å². The number of nitrogens with zero attached hydrogens (tertiary/aromatic N) is 3. The molecule has 0 aliphatic carbocycles. The third kappa shape index (κ3) is 5.37. The molecule has 5 rings (SSSR count). The maximum absolute atomic E-state index is 13.8. The number of morpholine rings is 1. The van der Waals surface area contributed by atoms with E-state index >= 15 is 0 Å². The van der Waals surface area contributed by atoms with Gasteiger partial charge in [0.15, 0.2) is 0 Å². The molecule has 2 heterocycles. The van der Waals surface area contributed by atoms with E-state index in [1.807, 2.05) is 72.8 Å². The van der Waals surface area contributed by atoms with Crippen LogP contribution in [0.15, 0.2) is 78.9 Å². The maximum atomic E-state index is 13.8. The molecule has 0 atom stereocenters. The minimum Gasteiger partial charge on any atom is -0.632 e. The summed E-state index contributed by atoms with van der Waals surface area (Å²) in [4.78, 5) is 18.8. The highest BCUT2D eigenvalue weighted by molar-refractivity contribution is 6.09. The molecular formula is C30H28N4O3. The molecule has 4 aromatic rings. The number of aromatic nitrogens is 1. The fourth-order valence-electron chi connectivity index (χ4n) is 4.87. The van der Waals surface area contributed by atoms with Gasteiger partial charge in [0.25, 0.3) is 5.91 Å². The number of rotatable bonds is 7. The van der Waals surface area contributed by atoms with Crippen molar-refractivity contribution in [2.24, 2.45) is 0 Å². The molecule has 1 aromatic heterocycles. The predicted molar refractivity (Wildman–Crippen MR) is 142 cm³/mol. The summed E-state index contributed by atoms with van der Waals surface area (Å²) in [5, 5.41) is 26.9. The van der Waals surface area contributed by atoms with Gasteiger partial charge in [-0.1, -0.05) is 66.7 Å². The molecule has 0 spiro atoms. The van der Waals surface area contributed by atoms with Crippen LogP contribution < -0.4 is 5.32 Å². The number of hydrogen-bond acceptors (Lipinski definition) is 5. The van der Waals surface area contributed by atoms with E-state index in [1.54, 1.807) is 6.07 Å². The number of pyridine rings is 1. The quantitative estimate of drug-likeness (QED) is 0.301. The van der Waals surface area contributed by atoms with Gasteiger partial charge in [-0.2, -0.15) is 5.26 Å². The summed E-state index contributed by atoms with van der Waals surface area (Å²) in [5.74, 6) is -0.250. The average Bonchev–Trinajstić information content (AvgIpc) is 2.93. The smallest absolute Gasteiger partial charge is 0.252 e. The van der Waals surface area contributed by atoms with E-state index in [0.717, 1.165) is 11.1 Å². The second kappa shape index (κ2) is 10.9. The Kier molecular flexibility index (Phi) is 7.24. The average molecular weight is 493 g/mol. The minimum atomic E-state index is -0.463. The van der Waals surface area contributed by atoms with Crippen molar-refractivity contribution in [3.8, 4) is 17.3 Å². The predicted octanol–water partition coefficient (Wildman–Crippen LogP) is 4.59. The molecule has 0 saturated carbocycles. The molecule has 37 heavy (non-hydrogen) atoms. The fourth-order valence-corrected chi connectivity index (χ4v) is 4.87. The van der Waals surface area contributed by atoms with Gasteiger partial charge in [0, 0.05) is 23.1 Å². The molecule has 1 N–H and O–H groups in total. The second-order valence-corrected chi connectivity index (χ2v) is 9.25. The van der Waals surface area contributed by atoms with Crippen LogP contribution in [-0.2, 0) is 17.7 Å². The topological polar surface area (TPSA) is 98.1 Å². The van der Waals surface area contributed by atoms with E-state index in [0.29, 0.717) is 72.6 Å². The first-order chi connectivity index (χ1) is 18.1. The molecule has 1 aliphatic heterocycles. The lowest BCUT2D eigenvalue weighted by molar-refractivity contribution is -0.901. The Morgan fingerprint density at radius 1 is 1.00 bits per heavy atom. The van der Waals surface area contributed by atoms with E-state index in [4.69, 9.17) is 9.72 Å². The number of amides is 1. The molecule has 0 unspecified atom stereocenters. The van der Waals surface area contributed by atoms with Crippen molar-refractivity contribution >= 4 is 16.8 Å². The molecule has 7 heteroatoms. The largest absolute Gasteiger partial charge is 0.632 e. The second-order valence-electron chi connectivity index (χ2n) is 9.25. The third-order valence-corrected chi connectivity index (χ3v) is 6.82. The standard InChI is InChI=1S/C30H28N4O3/c31-20-24-11-5-4-8-22(24)14-15-32-30(35)28-25-12-6-7-13-27(25)33-29(23-9-2-1-3-10-23)26(28)21-34(36)16-18-37-19-17-34/h1-13H,14-19,21H2,(H,32,35). The van der Waals surface area contributed by atoms with Gasteiger partial charge in [0.05, 0.1) is 41.6 Å². The van der Waals surface area contributed by atoms with Crippen molar-refractivity contribution in [3.63, 3.8) is 0 Å². The van der Waals surface area contributed by atoms with Crippen LogP contribution >= 0.6 is 0 Å². The zero-order chi connectivity index (χ0) is 25.7. The number of nitriles is 1. The van der Waals surface area contributed by atoms with Crippen LogP contribution in [0.25, 0.3) is 22.2 Å². The summed E-state index contributed by atoms with van der Waals surface area (Å²) in [7, 11) is 0. The number of fused-ring (bicyclic) bond motifs is 1. The molecule has 0 radical (unpaired) electrons. The molecule has 1 aliphatic rings. The summed E-state index contributed by atoms with van der Waals surface area (Å²) < 4.78 is 4.98. The highest BCUT2D eigenvalue weighted by atomic mass is 16.6. The summed E-state index contributed by atoms with van der Waals surface area (Å²) in [5.41, 5.74) is 4.83. The van der Waals surface area contributed by atoms with Gasteiger partial charge in [-0.05, 0) is 24.1 Å². The SMILES string of the molecule is N#Cc1ccccc1CCNC(=O)c1c(C[N+]2([O-])CCOCC2)c(-c2ccccc2)nc2ccccc12. The van der Waals surface area contributed by atoms with Crippen LogP contribution in [0, 0.1) is 16.5 Å². The van der Waals surface area contributed by atoms with E-state index in [-0.39, 0.29) is 12.5 Å². The van der Waals surface area contributed by atoms with Crippen molar-refractivity contribution in [3.05, 3.63) is 106 Å². The van der Waals surface area contributed by atoms with Gasteiger partial charge >= 0.3 is 0 Å². The molecule has 3 aromatic carbocycles. The van der Waals surface area contributed by atoms with E-state index < -0.39 is 4.65 Å². The van der Waals surface area contributed by atoms with Crippen molar-refractivity contribution in [2.45, 2.75) is 13.0 Å². The Balaban J connectivity index is 1.57. The number of nitrogens with one attached hydrogen (secondary N) is 1.